The molecule has 1 aliphatic rings. The van der Waals surface area contributed by atoms with Crippen molar-refractivity contribution in [3.8, 4) is 0 Å². The highest BCUT2D eigenvalue weighted by Crippen LogP contribution is 2.26. The lowest BCUT2D eigenvalue weighted by molar-refractivity contribution is 0.0930. The predicted octanol–water partition coefficient (Wildman–Crippen LogP) is 3.28. The third-order valence-electron chi connectivity index (χ3n) is 4.36. The maximum Gasteiger partial charge on any atom is 0.298 e. The molecular weight excluding hydrogens is 340 g/mol. The second-order valence-corrected chi connectivity index (χ2v) is 6.52. The fraction of sp³-hybridized carbons (Fsp3) is 0.278. The molecule has 0 saturated carbocycles. The van der Waals surface area contributed by atoms with Gasteiger partial charge in [0.1, 0.15) is 5.52 Å². The van der Waals surface area contributed by atoms with E-state index in [1.165, 1.54) is 0 Å². The lowest BCUT2D eigenvalue weighted by atomic mass is 10.0. The van der Waals surface area contributed by atoms with Crippen molar-refractivity contribution in [3.63, 3.8) is 0 Å². The number of piperidine rings is 1. The van der Waals surface area contributed by atoms with Gasteiger partial charge in [-0.1, -0.05) is 11.6 Å². The van der Waals surface area contributed by atoms with Crippen molar-refractivity contribution in [2.24, 2.45) is 0 Å². The molecule has 4 rings (SSSR count). The molecule has 0 spiro atoms. The molecule has 25 heavy (non-hydrogen) atoms. The molecule has 3 heterocycles. The van der Waals surface area contributed by atoms with Crippen molar-refractivity contribution in [3.05, 3.63) is 53.3 Å². The number of hydrogen-bond acceptors (Lipinski definition) is 5. The fourth-order valence-corrected chi connectivity index (χ4v) is 3.17. The number of benzene rings is 1. The van der Waals surface area contributed by atoms with Gasteiger partial charge in [0.25, 0.3) is 11.9 Å². The normalized spacial score (nSPS) is 15.5. The van der Waals surface area contributed by atoms with E-state index in [4.69, 9.17) is 16.0 Å². The van der Waals surface area contributed by atoms with E-state index in [9.17, 15) is 4.79 Å². The Balaban J connectivity index is 1.38. The van der Waals surface area contributed by atoms with Gasteiger partial charge in [0.2, 0.25) is 0 Å². The smallest absolute Gasteiger partial charge is 0.298 e. The minimum atomic E-state index is -0.0805. The molecule has 128 valence electrons. The Bertz CT molecular complexity index is 888. The van der Waals surface area contributed by atoms with Gasteiger partial charge in [-0.25, -0.2) is 0 Å². The first kappa shape index (κ1) is 15.9. The first-order valence-electron chi connectivity index (χ1n) is 8.21. The maximum absolute atomic E-state index is 12.2. The largest absolute Gasteiger partial charge is 0.423 e. The van der Waals surface area contributed by atoms with Crippen molar-refractivity contribution in [1.82, 2.24) is 15.3 Å². The van der Waals surface area contributed by atoms with Gasteiger partial charge in [0, 0.05) is 36.5 Å². The van der Waals surface area contributed by atoms with E-state index < -0.39 is 0 Å². The monoisotopic (exact) mass is 356 g/mol. The van der Waals surface area contributed by atoms with Crippen LogP contribution in [0.5, 0.6) is 0 Å². The lowest BCUT2D eigenvalue weighted by Crippen LogP contribution is -2.44. The summed E-state index contributed by atoms with van der Waals surface area (Å²) in [6.45, 7) is 1.55. The van der Waals surface area contributed by atoms with Crippen LogP contribution in [0.15, 0.2) is 47.1 Å². The van der Waals surface area contributed by atoms with E-state index in [0.717, 1.165) is 37.0 Å². The Kier molecular flexibility index (Phi) is 4.28. The zero-order chi connectivity index (χ0) is 17.2. The highest BCUT2D eigenvalue weighted by Gasteiger charge is 2.24. The van der Waals surface area contributed by atoms with Crippen molar-refractivity contribution in [1.29, 1.82) is 0 Å². The summed E-state index contributed by atoms with van der Waals surface area (Å²) >= 11 is 5.99. The summed E-state index contributed by atoms with van der Waals surface area (Å²) in [6.07, 6.45) is 4.91. The number of carbonyl (C=O) groups is 1. The Morgan fingerprint density at radius 3 is 2.88 bits per heavy atom. The van der Waals surface area contributed by atoms with Crippen LogP contribution in [0.4, 0.5) is 6.01 Å². The molecule has 3 aromatic rings. The number of hydrogen-bond donors (Lipinski definition) is 1. The van der Waals surface area contributed by atoms with E-state index in [1.54, 1.807) is 36.7 Å². The van der Waals surface area contributed by atoms with E-state index in [0.29, 0.717) is 16.6 Å². The average molecular weight is 357 g/mol. The summed E-state index contributed by atoms with van der Waals surface area (Å²) in [5.41, 5.74) is 2.07. The standard InChI is InChI=1S/C18H17ClN4O2/c19-13-3-4-16-15(10-13)22-18(25-16)23-8-5-14(6-9-23)21-17(24)12-2-1-7-20-11-12/h1-4,7,10-11,14H,5-6,8-9H2,(H,21,24). The molecule has 1 N–H and O–H groups in total. The summed E-state index contributed by atoms with van der Waals surface area (Å²) in [5.74, 6) is -0.0805. The second-order valence-electron chi connectivity index (χ2n) is 6.08. The molecule has 0 atom stereocenters. The molecule has 0 aliphatic carbocycles. The van der Waals surface area contributed by atoms with Crippen molar-refractivity contribution < 1.29 is 9.21 Å². The Hall–Kier alpha value is -2.60. The molecule has 1 aliphatic heterocycles. The quantitative estimate of drug-likeness (QED) is 0.779. The Morgan fingerprint density at radius 1 is 1.28 bits per heavy atom. The van der Waals surface area contributed by atoms with Gasteiger partial charge in [-0.05, 0) is 43.2 Å². The Labute approximate surface area is 149 Å². The molecule has 0 unspecified atom stereocenters. The number of nitrogens with one attached hydrogen (secondary N) is 1. The van der Waals surface area contributed by atoms with Crippen LogP contribution in [-0.4, -0.2) is 35.0 Å². The number of aromatic nitrogens is 2. The summed E-state index contributed by atoms with van der Waals surface area (Å²) in [4.78, 5) is 22.8. The average Bonchev–Trinajstić information content (AvgIpc) is 3.06. The Morgan fingerprint density at radius 2 is 2.12 bits per heavy atom. The summed E-state index contributed by atoms with van der Waals surface area (Å²) < 4.78 is 5.81. The summed E-state index contributed by atoms with van der Waals surface area (Å²) in [6, 6.07) is 9.69. The van der Waals surface area contributed by atoms with Gasteiger partial charge in [-0.15, -0.1) is 0 Å². The van der Waals surface area contributed by atoms with Crippen molar-refractivity contribution in [2.75, 3.05) is 18.0 Å². The number of nitrogens with zero attached hydrogens (tertiary/aromatic N) is 3. The molecular formula is C18H17ClN4O2. The molecule has 0 radical (unpaired) electrons. The number of amides is 1. The van der Waals surface area contributed by atoms with E-state index in [2.05, 4.69) is 20.2 Å². The SMILES string of the molecule is O=C(NC1CCN(c2nc3cc(Cl)ccc3o2)CC1)c1cccnc1. The number of anilines is 1. The van der Waals surface area contributed by atoms with Crippen LogP contribution in [0.1, 0.15) is 23.2 Å². The van der Waals surface area contributed by atoms with Crippen molar-refractivity contribution in [2.45, 2.75) is 18.9 Å². The van der Waals surface area contributed by atoms with Gasteiger partial charge >= 0.3 is 0 Å². The van der Waals surface area contributed by atoms with Crippen molar-refractivity contribution >= 4 is 34.6 Å². The molecule has 6 nitrogen and oxygen atoms in total. The summed E-state index contributed by atoms with van der Waals surface area (Å²) in [5, 5.41) is 3.71. The number of carbonyl (C=O) groups excluding carboxylic acids is 1. The molecule has 1 fully saturated rings. The number of rotatable bonds is 3. The van der Waals surface area contributed by atoms with Crippen LogP contribution in [0.3, 0.4) is 0 Å². The third kappa shape index (κ3) is 3.44. The van der Waals surface area contributed by atoms with Crippen LogP contribution in [0, 0.1) is 0 Å². The molecule has 1 saturated heterocycles. The lowest BCUT2D eigenvalue weighted by Gasteiger charge is -2.31. The maximum atomic E-state index is 12.2. The zero-order valence-corrected chi connectivity index (χ0v) is 14.2. The number of halogens is 1. The van der Waals surface area contributed by atoms with Crippen LogP contribution in [0.25, 0.3) is 11.1 Å². The van der Waals surface area contributed by atoms with Crippen LogP contribution in [0.2, 0.25) is 5.02 Å². The molecule has 1 aromatic carbocycles. The van der Waals surface area contributed by atoms with Gasteiger partial charge in [-0.2, -0.15) is 4.98 Å². The van der Waals surface area contributed by atoms with Crippen LogP contribution < -0.4 is 10.2 Å². The molecule has 1 amide bonds. The first-order chi connectivity index (χ1) is 12.2. The highest BCUT2D eigenvalue weighted by molar-refractivity contribution is 6.31. The van der Waals surface area contributed by atoms with Gasteiger partial charge < -0.3 is 14.6 Å². The molecule has 0 bridgehead atoms. The summed E-state index contributed by atoms with van der Waals surface area (Å²) in [7, 11) is 0. The molecule has 7 heteroatoms. The van der Waals surface area contributed by atoms with E-state index in [1.807, 2.05) is 6.07 Å². The number of pyridine rings is 1. The number of oxazole rings is 1. The van der Waals surface area contributed by atoms with E-state index in [-0.39, 0.29) is 11.9 Å². The van der Waals surface area contributed by atoms with Crippen LogP contribution >= 0.6 is 11.6 Å². The number of fused-ring (bicyclic) bond motifs is 1. The zero-order valence-electron chi connectivity index (χ0n) is 13.5. The van der Waals surface area contributed by atoms with Gasteiger partial charge in [-0.3, -0.25) is 9.78 Å². The fourth-order valence-electron chi connectivity index (χ4n) is 3.00. The van der Waals surface area contributed by atoms with Gasteiger partial charge in [0.05, 0.1) is 5.56 Å². The third-order valence-corrected chi connectivity index (χ3v) is 4.60. The van der Waals surface area contributed by atoms with E-state index >= 15 is 0 Å². The van der Waals surface area contributed by atoms with Crippen LogP contribution in [-0.2, 0) is 0 Å². The molecule has 2 aromatic heterocycles. The highest BCUT2D eigenvalue weighted by atomic mass is 35.5. The topological polar surface area (TPSA) is 71.3 Å². The minimum Gasteiger partial charge on any atom is -0.423 e. The first-order valence-corrected chi connectivity index (χ1v) is 8.59. The minimum absolute atomic E-state index is 0.0805. The van der Waals surface area contributed by atoms with Gasteiger partial charge in [0.15, 0.2) is 5.58 Å². The second kappa shape index (κ2) is 6.72. The predicted molar refractivity (Wildman–Crippen MR) is 96.0 cm³/mol.